The third-order valence-electron chi connectivity index (χ3n) is 2.80. The van der Waals surface area contributed by atoms with Crippen LogP contribution in [0.5, 0.6) is 0 Å². The highest BCUT2D eigenvalue weighted by Gasteiger charge is 2.23. The van der Waals surface area contributed by atoms with Crippen LogP contribution in [0.2, 0.25) is 0 Å². The van der Waals surface area contributed by atoms with Gasteiger partial charge in [-0.05, 0) is 11.8 Å². The van der Waals surface area contributed by atoms with Crippen LogP contribution in [0.3, 0.4) is 0 Å². The van der Waals surface area contributed by atoms with Crippen molar-refractivity contribution in [3.63, 3.8) is 0 Å². The molecule has 0 amide bonds. The lowest BCUT2D eigenvalue weighted by Crippen LogP contribution is -2.46. The molecule has 0 aromatic heterocycles. The number of rotatable bonds is 2. The van der Waals surface area contributed by atoms with Gasteiger partial charge in [0.25, 0.3) is 0 Å². The van der Waals surface area contributed by atoms with Gasteiger partial charge in [-0.3, -0.25) is 10.6 Å². The van der Waals surface area contributed by atoms with E-state index in [4.69, 9.17) is 11.8 Å². The Morgan fingerprint density at radius 2 is 1.53 bits per heavy atom. The fourth-order valence-electron chi connectivity index (χ4n) is 1.80. The van der Waals surface area contributed by atoms with Gasteiger partial charge >= 0.3 is 0 Å². The summed E-state index contributed by atoms with van der Waals surface area (Å²) in [5.74, 6) is 0.747. The van der Waals surface area contributed by atoms with Gasteiger partial charge in [0, 0.05) is 10.9 Å². The molecule has 0 bridgehead atoms. The van der Waals surface area contributed by atoms with Crippen molar-refractivity contribution in [3.8, 4) is 0 Å². The average Bonchev–Trinajstić information content (AvgIpc) is 2.50. The third kappa shape index (κ3) is 2.54. The first-order valence-electron chi connectivity index (χ1n) is 5.87. The van der Waals surface area contributed by atoms with Crippen LogP contribution in [-0.4, -0.2) is 5.84 Å². The summed E-state index contributed by atoms with van der Waals surface area (Å²) >= 11 is 5.64. The molecule has 0 saturated heterocycles. The summed E-state index contributed by atoms with van der Waals surface area (Å²) in [5.41, 5.74) is 4.12. The molecule has 96 valence electrons. The molecule has 0 aliphatic carbocycles. The first-order valence-corrected chi connectivity index (χ1v) is 8.67. The Morgan fingerprint density at radius 3 is 2.11 bits per heavy atom. The second kappa shape index (κ2) is 5.13. The van der Waals surface area contributed by atoms with Crippen molar-refractivity contribution in [2.45, 2.75) is 0 Å². The van der Waals surface area contributed by atoms with Crippen molar-refractivity contribution in [2.75, 3.05) is 0 Å². The quantitative estimate of drug-likeness (QED) is 0.736. The maximum Gasteiger partial charge on any atom is 0.168 e. The first-order chi connectivity index (χ1) is 9.28. The van der Waals surface area contributed by atoms with Gasteiger partial charge in [0.2, 0.25) is 0 Å². The van der Waals surface area contributed by atoms with Crippen molar-refractivity contribution in [2.24, 2.45) is 5.10 Å². The summed E-state index contributed by atoms with van der Waals surface area (Å²) in [4.78, 5) is 0. The highest BCUT2D eigenvalue weighted by atomic mass is 32.4. The molecular weight excluding hydrogens is 275 g/mol. The molecule has 19 heavy (non-hydrogen) atoms. The van der Waals surface area contributed by atoms with Gasteiger partial charge in [0.05, 0.1) is 0 Å². The second-order valence-corrected chi connectivity index (χ2v) is 7.91. The number of hydrogen-bond donors (Lipinski definition) is 3. The maximum absolute atomic E-state index is 5.64. The molecule has 3 rings (SSSR count). The Bertz CT molecular complexity index is 642. The van der Waals surface area contributed by atoms with Crippen LogP contribution in [0.15, 0.2) is 65.8 Å². The molecule has 4 nitrogen and oxygen atoms in total. The summed E-state index contributed by atoms with van der Waals surface area (Å²) in [5, 5.41) is 11.7. The highest BCUT2D eigenvalue weighted by molar-refractivity contribution is 8.16. The van der Waals surface area contributed by atoms with E-state index in [2.05, 4.69) is 20.9 Å². The van der Waals surface area contributed by atoms with Gasteiger partial charge in [0.1, 0.15) is 0 Å². The lowest BCUT2D eigenvalue weighted by molar-refractivity contribution is 0.835. The smallest absolute Gasteiger partial charge is 0.168 e. The van der Waals surface area contributed by atoms with Gasteiger partial charge in [-0.1, -0.05) is 60.7 Å². The van der Waals surface area contributed by atoms with Gasteiger partial charge in [-0.2, -0.15) is 10.3 Å². The topological polar surface area (TPSA) is 48.5 Å². The van der Waals surface area contributed by atoms with E-state index in [0.29, 0.717) is 0 Å². The lowest BCUT2D eigenvalue weighted by atomic mass is 10.2. The second-order valence-electron chi connectivity index (χ2n) is 4.11. The molecule has 1 atom stereocenters. The van der Waals surface area contributed by atoms with E-state index >= 15 is 0 Å². The Kier molecular flexibility index (Phi) is 3.34. The van der Waals surface area contributed by atoms with Gasteiger partial charge < -0.3 is 0 Å². The monoisotopic (exact) mass is 288 g/mol. The van der Waals surface area contributed by atoms with E-state index in [-0.39, 0.29) is 0 Å². The Hall–Kier alpha value is -1.68. The minimum Gasteiger partial charge on any atom is -0.298 e. The molecule has 1 aliphatic heterocycles. The number of amidine groups is 1. The van der Waals surface area contributed by atoms with E-state index in [9.17, 15) is 0 Å². The van der Waals surface area contributed by atoms with Crippen molar-refractivity contribution >= 4 is 29.3 Å². The zero-order valence-electron chi connectivity index (χ0n) is 10.1. The molecule has 1 unspecified atom stereocenters. The Labute approximate surface area is 117 Å². The molecule has 0 fully saturated rings. The van der Waals surface area contributed by atoms with Crippen molar-refractivity contribution in [3.05, 3.63) is 66.2 Å². The molecule has 6 heteroatoms. The predicted molar refractivity (Wildman–Crippen MR) is 82.7 cm³/mol. The summed E-state index contributed by atoms with van der Waals surface area (Å²) in [6.07, 6.45) is -2.09. The summed E-state index contributed by atoms with van der Waals surface area (Å²) in [6, 6.07) is 19.8. The van der Waals surface area contributed by atoms with Crippen molar-refractivity contribution in [1.29, 1.82) is 0 Å². The zero-order valence-corrected chi connectivity index (χ0v) is 11.8. The number of hydrazone groups is 1. The van der Waals surface area contributed by atoms with Crippen LogP contribution < -0.4 is 21.1 Å². The molecule has 1 heterocycles. The summed E-state index contributed by atoms with van der Waals surface area (Å²) in [7, 11) is 0. The highest BCUT2D eigenvalue weighted by Crippen LogP contribution is 2.35. The third-order valence-corrected chi connectivity index (χ3v) is 5.79. The van der Waals surface area contributed by atoms with E-state index < -0.39 is 6.34 Å². The van der Waals surface area contributed by atoms with E-state index in [1.165, 1.54) is 0 Å². The lowest BCUT2D eigenvalue weighted by Gasteiger charge is -2.29. The van der Waals surface area contributed by atoms with Crippen LogP contribution in [0, 0.1) is 0 Å². The van der Waals surface area contributed by atoms with Crippen LogP contribution >= 0.6 is 6.34 Å². The van der Waals surface area contributed by atoms with Crippen molar-refractivity contribution in [1.82, 2.24) is 15.8 Å². The van der Waals surface area contributed by atoms with E-state index in [1.54, 1.807) is 0 Å². The first kappa shape index (κ1) is 12.4. The largest absolute Gasteiger partial charge is 0.298 e. The molecule has 2 aromatic rings. The Balaban J connectivity index is 1.86. The number of nitrogens with one attached hydrogen (secondary N) is 3. The number of hydrazine groups is 1. The van der Waals surface area contributed by atoms with Crippen LogP contribution in [0.4, 0.5) is 0 Å². The SMILES string of the molecule is S=P1(c2ccccc2)NN=C(c2ccccc2)NN1. The minimum absolute atomic E-state index is 0.747. The molecule has 3 N–H and O–H groups in total. The molecule has 0 radical (unpaired) electrons. The van der Waals surface area contributed by atoms with Gasteiger partial charge in [0.15, 0.2) is 12.2 Å². The predicted octanol–water partition coefficient (Wildman–Crippen LogP) is 1.68. The number of benzene rings is 2. The van der Waals surface area contributed by atoms with Crippen LogP contribution in [0.1, 0.15) is 5.56 Å². The zero-order chi connectivity index (χ0) is 13.1. The molecule has 2 aromatic carbocycles. The number of nitrogens with zero attached hydrogens (tertiary/aromatic N) is 1. The van der Waals surface area contributed by atoms with Gasteiger partial charge in [-0.15, -0.1) is 0 Å². The van der Waals surface area contributed by atoms with Gasteiger partial charge in [-0.25, -0.2) is 0 Å². The fourth-order valence-corrected chi connectivity index (χ4v) is 3.81. The number of hydrogen-bond acceptors (Lipinski definition) is 3. The van der Waals surface area contributed by atoms with Crippen LogP contribution in [-0.2, 0) is 11.8 Å². The standard InChI is InChI=1S/C13H13N4PS/c19-18(12-9-5-2-6-10-12)16-14-13(15-17-18)11-7-3-1-4-8-11/h1-10H,(H,14,15)(H2,16,17,19). The van der Waals surface area contributed by atoms with Crippen molar-refractivity contribution < 1.29 is 0 Å². The van der Waals surface area contributed by atoms with Crippen LogP contribution in [0.25, 0.3) is 0 Å². The van der Waals surface area contributed by atoms with E-state index in [0.717, 1.165) is 16.7 Å². The molecule has 0 spiro atoms. The van der Waals surface area contributed by atoms with E-state index in [1.807, 2.05) is 60.7 Å². The minimum atomic E-state index is -2.09. The summed E-state index contributed by atoms with van der Waals surface area (Å²) in [6.45, 7) is 0. The molecule has 0 saturated carbocycles. The Morgan fingerprint density at radius 1 is 0.895 bits per heavy atom. The maximum atomic E-state index is 5.64. The fraction of sp³-hybridized carbons (Fsp3) is 0. The average molecular weight is 288 g/mol. The molecule has 1 aliphatic rings. The normalized spacial score (nSPS) is 22.0. The summed E-state index contributed by atoms with van der Waals surface area (Å²) < 4.78 is 0. The molecular formula is C13H13N4PS.